The molecule has 31 heavy (non-hydrogen) atoms. The minimum atomic E-state index is -0.235. The quantitative estimate of drug-likeness (QED) is 0.395. The Morgan fingerprint density at radius 1 is 1.19 bits per heavy atom. The van der Waals surface area contributed by atoms with Crippen molar-refractivity contribution < 1.29 is 19.1 Å². The average Bonchev–Trinajstić information content (AvgIpc) is 3.04. The molecule has 0 spiro atoms. The van der Waals surface area contributed by atoms with E-state index in [0.717, 1.165) is 49.8 Å². The first-order valence-electron chi connectivity index (χ1n) is 11.1. The predicted octanol–water partition coefficient (Wildman–Crippen LogP) is 4.58. The van der Waals surface area contributed by atoms with Crippen molar-refractivity contribution in [1.82, 2.24) is 10.2 Å². The average molecular weight is 450 g/mol. The number of amides is 1. The Balaban J connectivity index is 1.45. The number of carbonyl (C=O) groups is 2. The summed E-state index contributed by atoms with van der Waals surface area (Å²) in [4.78, 5) is 29.6. The van der Waals surface area contributed by atoms with Gasteiger partial charge in [-0.1, -0.05) is 51.1 Å². The fourth-order valence-electron chi connectivity index (χ4n) is 4.01. The molecule has 1 N–H and O–H groups in total. The minimum absolute atomic E-state index is 0.0134. The van der Waals surface area contributed by atoms with Crippen LogP contribution in [0, 0.1) is 5.92 Å². The highest BCUT2D eigenvalue weighted by atomic mass is 35.5. The number of nitrogens with zero attached hydrogens (tertiary/aromatic N) is 2. The number of rotatable bonds is 11. The van der Waals surface area contributed by atoms with Gasteiger partial charge in [-0.3, -0.25) is 14.9 Å². The lowest BCUT2D eigenvalue weighted by molar-refractivity contribution is -0.141. The summed E-state index contributed by atoms with van der Waals surface area (Å²) >= 11 is 6.65. The highest BCUT2D eigenvalue weighted by molar-refractivity contribution is 6.33. The number of hydrogen-bond donors (Lipinski definition) is 1. The van der Waals surface area contributed by atoms with Crippen molar-refractivity contribution in [2.75, 3.05) is 13.2 Å². The smallest absolute Gasteiger partial charge is 0.302 e. The molecule has 0 aromatic heterocycles. The van der Waals surface area contributed by atoms with Crippen LogP contribution in [-0.2, 0) is 20.9 Å². The Morgan fingerprint density at radius 2 is 1.87 bits per heavy atom. The molecule has 1 aromatic rings. The zero-order valence-corrected chi connectivity index (χ0v) is 19.3. The molecule has 1 fully saturated rings. The molecular weight excluding hydrogens is 418 g/mol. The summed E-state index contributed by atoms with van der Waals surface area (Å²) < 4.78 is 10.9. The maximum absolute atomic E-state index is 12.3. The number of nitrogens with one attached hydrogen (secondary N) is 1. The van der Waals surface area contributed by atoms with Gasteiger partial charge >= 0.3 is 5.97 Å². The van der Waals surface area contributed by atoms with Crippen molar-refractivity contribution >= 4 is 35.1 Å². The molecular formula is C23H32ClN3O4. The van der Waals surface area contributed by atoms with Crippen LogP contribution in [0.1, 0.15) is 64.9 Å². The standard InChI is InChI=1S/C23H32ClN3O4/c1-15(2)21-22(29)26-23-25-18-10-11-19(20(24)17(18)14-27(21)23)31-13-9-7-5-4-6-8-12-30-16(3)28/h10-11,15,21H,4-9,12-14H2,1-3H3,(H,25,26,29). The molecule has 2 aliphatic heterocycles. The number of esters is 1. The number of ether oxygens (including phenoxy) is 2. The summed E-state index contributed by atoms with van der Waals surface area (Å²) in [6, 6.07) is 3.52. The number of guanidine groups is 1. The van der Waals surface area contributed by atoms with Crippen LogP contribution in [0.2, 0.25) is 5.02 Å². The van der Waals surface area contributed by atoms with E-state index < -0.39 is 0 Å². The summed E-state index contributed by atoms with van der Waals surface area (Å²) in [6.07, 6.45) is 6.28. The second-order valence-electron chi connectivity index (χ2n) is 8.43. The Labute approximate surface area is 189 Å². The number of benzene rings is 1. The lowest BCUT2D eigenvalue weighted by Gasteiger charge is -2.30. The van der Waals surface area contributed by atoms with E-state index in [1.807, 2.05) is 30.9 Å². The van der Waals surface area contributed by atoms with Crippen LogP contribution in [0.5, 0.6) is 5.75 Å². The SMILES string of the molecule is CC(=O)OCCCCCCCCOc1ccc2c(c1Cl)CN1C(=N2)NC(=O)C1C(C)C. The van der Waals surface area contributed by atoms with E-state index in [0.29, 0.717) is 36.5 Å². The molecule has 1 aromatic carbocycles. The molecule has 0 aliphatic carbocycles. The molecule has 2 heterocycles. The summed E-state index contributed by atoms with van der Waals surface area (Å²) in [5.41, 5.74) is 1.68. The molecule has 1 atom stereocenters. The largest absolute Gasteiger partial charge is 0.492 e. The number of carbonyl (C=O) groups excluding carboxylic acids is 2. The molecule has 8 heteroatoms. The summed E-state index contributed by atoms with van der Waals surface area (Å²) in [5, 5.41) is 3.45. The van der Waals surface area contributed by atoms with Crippen molar-refractivity contribution in [3.05, 3.63) is 22.7 Å². The molecule has 170 valence electrons. The highest BCUT2D eigenvalue weighted by Gasteiger charge is 2.41. The zero-order valence-electron chi connectivity index (χ0n) is 18.6. The summed E-state index contributed by atoms with van der Waals surface area (Å²) in [7, 11) is 0. The van der Waals surface area contributed by atoms with Crippen molar-refractivity contribution in [1.29, 1.82) is 0 Å². The maximum atomic E-state index is 12.3. The molecule has 3 rings (SSSR count). The van der Waals surface area contributed by atoms with Crippen LogP contribution in [0.3, 0.4) is 0 Å². The minimum Gasteiger partial charge on any atom is -0.492 e. The van der Waals surface area contributed by atoms with E-state index >= 15 is 0 Å². The van der Waals surface area contributed by atoms with Crippen LogP contribution >= 0.6 is 11.6 Å². The van der Waals surface area contributed by atoms with E-state index in [1.54, 1.807) is 0 Å². The molecule has 1 saturated heterocycles. The maximum Gasteiger partial charge on any atom is 0.302 e. The lowest BCUT2D eigenvalue weighted by atomic mass is 10.0. The van der Waals surface area contributed by atoms with Gasteiger partial charge in [-0.15, -0.1) is 0 Å². The lowest BCUT2D eigenvalue weighted by Crippen LogP contribution is -2.40. The number of aliphatic imine (C=N–C) groups is 1. The fourth-order valence-corrected chi connectivity index (χ4v) is 4.28. The molecule has 1 amide bonds. The number of fused-ring (bicyclic) bond motifs is 2. The third-order valence-electron chi connectivity index (χ3n) is 5.58. The van der Waals surface area contributed by atoms with E-state index in [-0.39, 0.29) is 23.8 Å². The van der Waals surface area contributed by atoms with Gasteiger partial charge < -0.3 is 14.4 Å². The molecule has 1 unspecified atom stereocenters. The number of unbranched alkanes of at least 4 members (excludes halogenated alkanes) is 5. The van der Waals surface area contributed by atoms with Crippen molar-refractivity contribution in [2.24, 2.45) is 10.9 Å². The molecule has 0 saturated carbocycles. The first-order chi connectivity index (χ1) is 14.9. The summed E-state index contributed by atoms with van der Waals surface area (Å²) in [6.45, 7) is 7.16. The second-order valence-corrected chi connectivity index (χ2v) is 8.80. The van der Waals surface area contributed by atoms with Gasteiger partial charge in [0.25, 0.3) is 0 Å². The molecule has 0 bridgehead atoms. The first kappa shape index (κ1) is 23.4. The Bertz CT molecular complexity index is 840. The third-order valence-corrected chi connectivity index (χ3v) is 6.00. The van der Waals surface area contributed by atoms with Crippen LogP contribution in [0.15, 0.2) is 17.1 Å². The first-order valence-corrected chi connectivity index (χ1v) is 11.5. The highest BCUT2D eigenvalue weighted by Crippen LogP contribution is 2.40. The van der Waals surface area contributed by atoms with E-state index in [9.17, 15) is 9.59 Å². The number of halogens is 1. The van der Waals surface area contributed by atoms with E-state index in [1.165, 1.54) is 6.92 Å². The third kappa shape index (κ3) is 5.91. The van der Waals surface area contributed by atoms with Crippen LogP contribution < -0.4 is 10.1 Å². The van der Waals surface area contributed by atoms with Crippen LogP contribution in [-0.4, -0.2) is 42.0 Å². The zero-order chi connectivity index (χ0) is 22.4. The van der Waals surface area contributed by atoms with Gasteiger partial charge in [0.1, 0.15) is 11.8 Å². The van der Waals surface area contributed by atoms with Gasteiger partial charge in [-0.05, 0) is 30.9 Å². The van der Waals surface area contributed by atoms with E-state index in [4.69, 9.17) is 21.1 Å². The second kappa shape index (κ2) is 10.8. The van der Waals surface area contributed by atoms with Gasteiger partial charge in [0.05, 0.1) is 30.5 Å². The van der Waals surface area contributed by atoms with Crippen molar-refractivity contribution in [2.45, 2.75) is 71.9 Å². The van der Waals surface area contributed by atoms with Gasteiger partial charge in [0.15, 0.2) is 0 Å². The Hall–Kier alpha value is -2.28. The topological polar surface area (TPSA) is 80.2 Å². The Morgan fingerprint density at radius 3 is 2.55 bits per heavy atom. The number of hydrogen-bond acceptors (Lipinski definition) is 6. The van der Waals surface area contributed by atoms with Crippen molar-refractivity contribution in [3.63, 3.8) is 0 Å². The van der Waals surface area contributed by atoms with Gasteiger partial charge in [0, 0.05) is 12.5 Å². The van der Waals surface area contributed by atoms with Crippen LogP contribution in [0.25, 0.3) is 0 Å². The fraction of sp³-hybridized carbons (Fsp3) is 0.609. The predicted molar refractivity (Wildman–Crippen MR) is 121 cm³/mol. The monoisotopic (exact) mass is 449 g/mol. The van der Waals surface area contributed by atoms with E-state index in [2.05, 4.69) is 10.3 Å². The van der Waals surface area contributed by atoms with Crippen molar-refractivity contribution in [3.8, 4) is 5.75 Å². The van der Waals surface area contributed by atoms with Gasteiger partial charge in [0.2, 0.25) is 11.9 Å². The van der Waals surface area contributed by atoms with Gasteiger partial charge in [-0.2, -0.15) is 0 Å². The van der Waals surface area contributed by atoms with Crippen LogP contribution in [0.4, 0.5) is 5.69 Å². The normalized spacial score (nSPS) is 17.2. The Kier molecular flexibility index (Phi) is 8.18. The van der Waals surface area contributed by atoms with Gasteiger partial charge in [-0.25, -0.2) is 4.99 Å². The molecule has 2 aliphatic rings. The summed E-state index contributed by atoms with van der Waals surface area (Å²) in [5.74, 6) is 1.22. The molecule has 7 nitrogen and oxygen atoms in total. The molecule has 0 radical (unpaired) electrons.